The molecule has 1 atom stereocenters. The molecule has 0 aliphatic carbocycles. The number of nitrogens with two attached hydrogens (primary N) is 1. The Hall–Kier alpha value is -1.31. The molecule has 2 aliphatic heterocycles. The van der Waals surface area contributed by atoms with Gasteiger partial charge in [-0.25, -0.2) is 0 Å². The van der Waals surface area contributed by atoms with Gasteiger partial charge in [0.2, 0.25) is 5.91 Å². The molecule has 1 saturated heterocycles. The van der Waals surface area contributed by atoms with Crippen molar-refractivity contribution in [2.24, 2.45) is 16.6 Å². The third kappa shape index (κ3) is 5.33. The molecule has 0 spiro atoms. The van der Waals surface area contributed by atoms with Gasteiger partial charge in [-0.05, 0) is 36.3 Å². The van der Waals surface area contributed by atoms with Crippen molar-refractivity contribution < 1.29 is 4.79 Å². The summed E-state index contributed by atoms with van der Waals surface area (Å²) in [6.45, 7) is 6.37. The normalized spacial score (nSPS) is 20.2. The minimum absolute atomic E-state index is 0. The summed E-state index contributed by atoms with van der Waals surface area (Å²) >= 11 is 0. The van der Waals surface area contributed by atoms with Gasteiger partial charge in [-0.2, -0.15) is 0 Å². The van der Waals surface area contributed by atoms with Crippen LogP contribution in [0.1, 0.15) is 43.7 Å². The maximum absolute atomic E-state index is 12.3. The van der Waals surface area contributed by atoms with Crippen LogP contribution in [0.4, 0.5) is 0 Å². The third-order valence-electron chi connectivity index (χ3n) is 5.00. The van der Waals surface area contributed by atoms with Crippen molar-refractivity contribution in [2.45, 2.75) is 45.7 Å². The van der Waals surface area contributed by atoms with E-state index < -0.39 is 0 Å². The van der Waals surface area contributed by atoms with Crippen molar-refractivity contribution in [3.8, 4) is 0 Å². The monoisotopic (exact) mass is 456 g/mol. The highest BCUT2D eigenvalue weighted by atomic mass is 127. The number of rotatable bonds is 4. The van der Waals surface area contributed by atoms with Crippen LogP contribution < -0.4 is 5.73 Å². The lowest BCUT2D eigenvalue weighted by Gasteiger charge is -2.31. The molecule has 138 valence electrons. The standard InChI is InChI=1S/C19H28N4O.HI/c1-15-6-5-11-22(12-15)19(20)21-10-4-9-18(24)23-13-16-7-2-3-8-17(16)14-23;/h2-3,7-8,15H,4-6,9-14H2,1H3,(H2,20,21);1H. The van der Waals surface area contributed by atoms with Crippen molar-refractivity contribution in [3.63, 3.8) is 0 Å². The SMILES string of the molecule is CC1CCCN(C(N)=NCCCC(=O)N2Cc3ccccc3C2)C1.I. The molecule has 1 amide bonds. The maximum atomic E-state index is 12.3. The van der Waals surface area contributed by atoms with E-state index in [1.807, 2.05) is 17.0 Å². The summed E-state index contributed by atoms with van der Waals surface area (Å²) in [5.74, 6) is 1.54. The molecule has 0 bridgehead atoms. The first-order valence-electron chi connectivity index (χ1n) is 9.03. The molecule has 2 aliphatic rings. The fourth-order valence-corrected chi connectivity index (χ4v) is 3.59. The van der Waals surface area contributed by atoms with Gasteiger partial charge in [0.15, 0.2) is 5.96 Å². The van der Waals surface area contributed by atoms with E-state index in [0.717, 1.165) is 32.6 Å². The van der Waals surface area contributed by atoms with Gasteiger partial charge < -0.3 is 15.5 Å². The van der Waals surface area contributed by atoms with Gasteiger partial charge >= 0.3 is 0 Å². The highest BCUT2D eigenvalue weighted by Gasteiger charge is 2.22. The number of fused-ring (bicyclic) bond motifs is 1. The largest absolute Gasteiger partial charge is 0.370 e. The molecule has 3 rings (SSSR count). The number of piperidine rings is 1. The number of benzene rings is 1. The van der Waals surface area contributed by atoms with E-state index in [0.29, 0.717) is 24.8 Å². The Kier molecular flexibility index (Phi) is 7.53. The lowest BCUT2D eigenvalue weighted by molar-refractivity contribution is -0.131. The number of likely N-dealkylation sites (tertiary alicyclic amines) is 1. The zero-order valence-electron chi connectivity index (χ0n) is 15.0. The molecule has 1 aromatic carbocycles. The zero-order valence-corrected chi connectivity index (χ0v) is 17.3. The number of carbonyl (C=O) groups is 1. The van der Waals surface area contributed by atoms with E-state index in [2.05, 4.69) is 28.9 Å². The third-order valence-corrected chi connectivity index (χ3v) is 5.00. The maximum Gasteiger partial charge on any atom is 0.223 e. The van der Waals surface area contributed by atoms with Crippen LogP contribution in [0.2, 0.25) is 0 Å². The number of hydrogen-bond acceptors (Lipinski definition) is 2. The van der Waals surface area contributed by atoms with Crippen LogP contribution >= 0.6 is 24.0 Å². The molecule has 25 heavy (non-hydrogen) atoms. The van der Waals surface area contributed by atoms with Gasteiger partial charge in [-0.15, -0.1) is 24.0 Å². The summed E-state index contributed by atoms with van der Waals surface area (Å²) in [5, 5.41) is 0. The second-order valence-corrected chi connectivity index (χ2v) is 7.06. The molecule has 0 radical (unpaired) electrons. The first-order valence-corrected chi connectivity index (χ1v) is 9.03. The summed E-state index contributed by atoms with van der Waals surface area (Å²) < 4.78 is 0. The molecule has 6 heteroatoms. The number of carbonyl (C=O) groups excluding carboxylic acids is 1. The molecule has 5 nitrogen and oxygen atoms in total. The number of halogens is 1. The molecule has 2 heterocycles. The van der Waals surface area contributed by atoms with Crippen LogP contribution in [0.5, 0.6) is 0 Å². The number of amides is 1. The fraction of sp³-hybridized carbons (Fsp3) is 0.579. The smallest absolute Gasteiger partial charge is 0.223 e. The fourth-order valence-electron chi connectivity index (χ4n) is 3.59. The quantitative estimate of drug-likeness (QED) is 0.328. The average Bonchev–Trinajstić information content (AvgIpc) is 3.02. The van der Waals surface area contributed by atoms with Gasteiger partial charge in [-0.3, -0.25) is 9.79 Å². The van der Waals surface area contributed by atoms with E-state index in [4.69, 9.17) is 5.73 Å². The van der Waals surface area contributed by atoms with E-state index in [1.165, 1.54) is 24.0 Å². The molecular weight excluding hydrogens is 427 g/mol. The van der Waals surface area contributed by atoms with Crippen molar-refractivity contribution >= 4 is 35.8 Å². The van der Waals surface area contributed by atoms with Crippen molar-refractivity contribution in [1.29, 1.82) is 0 Å². The van der Waals surface area contributed by atoms with Crippen LogP contribution in [0.15, 0.2) is 29.3 Å². The summed E-state index contributed by atoms with van der Waals surface area (Å²) in [6, 6.07) is 8.28. The second-order valence-electron chi connectivity index (χ2n) is 7.06. The lowest BCUT2D eigenvalue weighted by atomic mass is 10.0. The highest BCUT2D eigenvalue weighted by Crippen LogP contribution is 2.23. The Morgan fingerprint density at radius 3 is 2.56 bits per heavy atom. The van der Waals surface area contributed by atoms with Crippen molar-refractivity contribution in [3.05, 3.63) is 35.4 Å². The number of aliphatic imine (C=N–C) groups is 1. The topological polar surface area (TPSA) is 61.9 Å². The van der Waals surface area contributed by atoms with Crippen LogP contribution in [0.25, 0.3) is 0 Å². The summed E-state index contributed by atoms with van der Waals surface area (Å²) in [5.41, 5.74) is 8.63. The van der Waals surface area contributed by atoms with Crippen LogP contribution in [0.3, 0.4) is 0 Å². The number of guanidine groups is 1. The molecule has 0 aromatic heterocycles. The van der Waals surface area contributed by atoms with Gasteiger partial charge in [0.05, 0.1) is 0 Å². The Morgan fingerprint density at radius 2 is 1.92 bits per heavy atom. The average molecular weight is 456 g/mol. The number of nitrogens with zero attached hydrogens (tertiary/aromatic N) is 3. The van der Waals surface area contributed by atoms with Crippen LogP contribution in [-0.4, -0.2) is 41.3 Å². The molecule has 2 N–H and O–H groups in total. The van der Waals surface area contributed by atoms with Gasteiger partial charge in [0.1, 0.15) is 0 Å². The second kappa shape index (κ2) is 9.40. The Labute approximate surface area is 167 Å². The van der Waals surface area contributed by atoms with Crippen molar-refractivity contribution in [2.75, 3.05) is 19.6 Å². The molecular formula is C19H29IN4O. The minimum Gasteiger partial charge on any atom is -0.370 e. The Morgan fingerprint density at radius 1 is 1.24 bits per heavy atom. The molecule has 1 aromatic rings. The van der Waals surface area contributed by atoms with Gasteiger partial charge in [0, 0.05) is 39.1 Å². The minimum atomic E-state index is 0. The van der Waals surface area contributed by atoms with Crippen LogP contribution in [-0.2, 0) is 17.9 Å². The van der Waals surface area contributed by atoms with Crippen molar-refractivity contribution in [1.82, 2.24) is 9.80 Å². The first-order chi connectivity index (χ1) is 11.6. The van der Waals surface area contributed by atoms with E-state index in [-0.39, 0.29) is 29.9 Å². The Balaban J connectivity index is 0.00000225. The molecule has 0 saturated carbocycles. The molecule has 1 fully saturated rings. The zero-order chi connectivity index (χ0) is 16.9. The van der Waals surface area contributed by atoms with E-state index >= 15 is 0 Å². The summed E-state index contributed by atoms with van der Waals surface area (Å²) in [6.07, 6.45) is 3.76. The molecule has 1 unspecified atom stereocenters. The lowest BCUT2D eigenvalue weighted by Crippen LogP contribution is -2.43. The Bertz CT molecular complexity index is 594. The van der Waals surface area contributed by atoms with Crippen LogP contribution in [0, 0.1) is 5.92 Å². The summed E-state index contributed by atoms with van der Waals surface area (Å²) in [4.78, 5) is 20.9. The van der Waals surface area contributed by atoms with Gasteiger partial charge in [-0.1, -0.05) is 31.2 Å². The first kappa shape index (κ1) is 20.0. The predicted octanol–water partition coefficient (Wildman–Crippen LogP) is 2.97. The van der Waals surface area contributed by atoms with E-state index in [1.54, 1.807) is 0 Å². The van der Waals surface area contributed by atoms with Gasteiger partial charge in [0.25, 0.3) is 0 Å². The highest BCUT2D eigenvalue weighted by molar-refractivity contribution is 14.0. The number of hydrogen-bond donors (Lipinski definition) is 1. The van der Waals surface area contributed by atoms with E-state index in [9.17, 15) is 4.79 Å². The summed E-state index contributed by atoms with van der Waals surface area (Å²) in [7, 11) is 0. The predicted molar refractivity (Wildman–Crippen MR) is 112 cm³/mol.